The van der Waals surface area contributed by atoms with Gasteiger partial charge in [-0.25, -0.2) is 0 Å². The lowest BCUT2D eigenvalue weighted by Gasteiger charge is -2.33. The first-order valence-corrected chi connectivity index (χ1v) is 17.0. The summed E-state index contributed by atoms with van der Waals surface area (Å²) in [5.41, 5.74) is 18.9. The smallest absolute Gasteiger partial charge is 0.252 e. The summed E-state index contributed by atoms with van der Waals surface area (Å²) in [6.07, 6.45) is 3.81. The maximum atomic E-state index is 3.97. The Hall–Kier alpha value is -6.32. The molecule has 11 rings (SSSR count). The SMILES string of the molecule is C=Cc1ccc(-c2ccc3c4cccc5c4n(c3c2)-c2cccc3c2B5c2ccc(-c4ccc(C=C)cc4)c4c5ccccc5n-3c24)cc1. The molecular formula is C46H29BN2. The van der Waals surface area contributed by atoms with Crippen LogP contribution in [-0.2, 0) is 0 Å². The molecule has 2 nitrogen and oxygen atoms in total. The number of hydrogen-bond acceptors (Lipinski definition) is 0. The molecule has 0 aliphatic carbocycles. The maximum Gasteiger partial charge on any atom is 0.252 e. The van der Waals surface area contributed by atoms with Crippen molar-refractivity contribution in [1.29, 1.82) is 0 Å². The van der Waals surface area contributed by atoms with Crippen molar-refractivity contribution in [3.63, 3.8) is 0 Å². The molecule has 4 heterocycles. The lowest BCUT2D eigenvalue weighted by Crippen LogP contribution is -2.59. The van der Waals surface area contributed by atoms with Gasteiger partial charge in [0.05, 0.1) is 11.0 Å². The first kappa shape index (κ1) is 26.7. The Kier molecular flexibility index (Phi) is 5.25. The zero-order valence-corrected chi connectivity index (χ0v) is 26.8. The average molecular weight is 621 g/mol. The summed E-state index contributed by atoms with van der Waals surface area (Å²) in [5, 5.41) is 5.20. The van der Waals surface area contributed by atoms with Gasteiger partial charge < -0.3 is 9.13 Å². The highest BCUT2D eigenvalue weighted by molar-refractivity contribution is 7.00. The van der Waals surface area contributed by atoms with Gasteiger partial charge in [-0.1, -0.05) is 141 Å². The van der Waals surface area contributed by atoms with E-state index >= 15 is 0 Å². The Balaban J connectivity index is 1.24. The molecule has 7 aromatic carbocycles. The minimum Gasteiger partial charge on any atom is -0.310 e. The number of hydrogen-bond donors (Lipinski definition) is 0. The van der Waals surface area contributed by atoms with Crippen LogP contribution in [0.25, 0.3) is 89.4 Å². The molecule has 0 bridgehead atoms. The third-order valence-electron chi connectivity index (χ3n) is 11.1. The normalized spacial score (nSPS) is 12.6. The van der Waals surface area contributed by atoms with Crippen molar-refractivity contribution in [2.45, 2.75) is 0 Å². The number of aromatic nitrogens is 2. The highest BCUT2D eigenvalue weighted by Crippen LogP contribution is 2.42. The molecule has 0 spiro atoms. The maximum absolute atomic E-state index is 3.97. The van der Waals surface area contributed by atoms with E-state index in [1.807, 2.05) is 12.2 Å². The quantitative estimate of drug-likeness (QED) is 0.174. The Morgan fingerprint density at radius 3 is 1.86 bits per heavy atom. The van der Waals surface area contributed by atoms with Gasteiger partial charge in [-0.15, -0.1) is 0 Å². The molecule has 226 valence electrons. The van der Waals surface area contributed by atoms with Crippen LogP contribution in [0, 0.1) is 0 Å². The van der Waals surface area contributed by atoms with Gasteiger partial charge in [0.2, 0.25) is 0 Å². The van der Waals surface area contributed by atoms with E-state index in [0.717, 1.165) is 11.1 Å². The van der Waals surface area contributed by atoms with Crippen molar-refractivity contribution in [1.82, 2.24) is 9.13 Å². The van der Waals surface area contributed by atoms with E-state index in [4.69, 9.17) is 0 Å². The molecular weight excluding hydrogens is 591 g/mol. The molecule has 0 unspecified atom stereocenters. The second kappa shape index (κ2) is 9.62. The molecule has 2 aliphatic rings. The van der Waals surface area contributed by atoms with Crippen LogP contribution in [0.15, 0.2) is 153 Å². The first-order chi connectivity index (χ1) is 24.2. The summed E-state index contributed by atoms with van der Waals surface area (Å²) in [4.78, 5) is 0. The summed E-state index contributed by atoms with van der Waals surface area (Å²) >= 11 is 0. The van der Waals surface area contributed by atoms with Gasteiger partial charge in [-0.2, -0.15) is 0 Å². The first-order valence-electron chi connectivity index (χ1n) is 17.0. The Bertz CT molecular complexity index is 2880. The molecule has 0 radical (unpaired) electrons. The van der Waals surface area contributed by atoms with Crippen LogP contribution < -0.4 is 16.4 Å². The van der Waals surface area contributed by atoms with E-state index in [2.05, 4.69) is 162 Å². The number of benzene rings is 7. The summed E-state index contributed by atoms with van der Waals surface area (Å²) < 4.78 is 5.08. The van der Waals surface area contributed by atoms with E-state index in [9.17, 15) is 0 Å². The lowest BCUT2D eigenvalue weighted by molar-refractivity contribution is 1.14. The molecule has 2 aliphatic heterocycles. The second-order valence-corrected chi connectivity index (χ2v) is 13.4. The van der Waals surface area contributed by atoms with Crippen molar-refractivity contribution in [3.05, 3.63) is 164 Å². The third-order valence-corrected chi connectivity index (χ3v) is 11.1. The third kappa shape index (κ3) is 3.41. The largest absolute Gasteiger partial charge is 0.310 e. The average Bonchev–Trinajstić information content (AvgIpc) is 3.69. The lowest BCUT2D eigenvalue weighted by atomic mass is 9.34. The second-order valence-electron chi connectivity index (χ2n) is 13.4. The zero-order chi connectivity index (χ0) is 32.4. The van der Waals surface area contributed by atoms with Crippen molar-refractivity contribution in [2.24, 2.45) is 0 Å². The molecule has 3 heteroatoms. The highest BCUT2D eigenvalue weighted by atomic mass is 15.0. The molecule has 0 saturated heterocycles. The summed E-state index contributed by atoms with van der Waals surface area (Å²) in [6, 6.07) is 52.0. The molecule has 2 aromatic heterocycles. The highest BCUT2D eigenvalue weighted by Gasteiger charge is 2.40. The van der Waals surface area contributed by atoms with E-state index in [0.29, 0.717) is 0 Å². The molecule has 9 aromatic rings. The summed E-state index contributed by atoms with van der Waals surface area (Å²) in [5.74, 6) is 0. The number of fused-ring (bicyclic) bond motifs is 10. The van der Waals surface area contributed by atoms with E-state index in [1.54, 1.807) is 0 Å². The fourth-order valence-electron chi connectivity index (χ4n) is 8.92. The van der Waals surface area contributed by atoms with Crippen molar-refractivity contribution in [3.8, 4) is 33.6 Å². The van der Waals surface area contributed by atoms with Crippen LogP contribution >= 0.6 is 0 Å². The minimum atomic E-state index is 0.120. The van der Waals surface area contributed by atoms with Gasteiger partial charge in [0.15, 0.2) is 0 Å². The Morgan fingerprint density at radius 1 is 0.469 bits per heavy atom. The van der Waals surface area contributed by atoms with Gasteiger partial charge in [0, 0.05) is 44.0 Å². The van der Waals surface area contributed by atoms with Crippen LogP contribution in [0.5, 0.6) is 0 Å². The van der Waals surface area contributed by atoms with Crippen LogP contribution in [0.2, 0.25) is 0 Å². The van der Waals surface area contributed by atoms with Crippen molar-refractivity contribution in [2.75, 3.05) is 0 Å². The fraction of sp³-hybridized carbons (Fsp3) is 0. The predicted octanol–water partition coefficient (Wildman–Crippen LogP) is 9.64. The Labute approximate surface area is 284 Å². The molecule has 0 atom stereocenters. The minimum absolute atomic E-state index is 0.120. The van der Waals surface area contributed by atoms with Gasteiger partial charge in [0.1, 0.15) is 0 Å². The summed E-state index contributed by atoms with van der Waals surface area (Å²) in [7, 11) is 0. The van der Waals surface area contributed by atoms with Crippen molar-refractivity contribution >= 4 is 78.9 Å². The van der Waals surface area contributed by atoms with Crippen LogP contribution in [0.4, 0.5) is 0 Å². The predicted molar refractivity (Wildman–Crippen MR) is 211 cm³/mol. The number of rotatable bonds is 4. The van der Waals surface area contributed by atoms with E-state index in [1.165, 1.54) is 93.6 Å². The summed E-state index contributed by atoms with van der Waals surface area (Å²) in [6.45, 7) is 8.03. The zero-order valence-electron chi connectivity index (χ0n) is 26.8. The molecule has 0 amide bonds. The van der Waals surface area contributed by atoms with Gasteiger partial charge >= 0.3 is 0 Å². The molecule has 0 fully saturated rings. The van der Waals surface area contributed by atoms with Crippen LogP contribution in [-0.4, -0.2) is 15.8 Å². The van der Waals surface area contributed by atoms with Gasteiger partial charge in [-0.3, -0.25) is 0 Å². The standard InChI is InChI=1S/C46H29BN2/c1-3-28-15-19-30(20-16-28)32-23-24-34-35-10-7-11-37-45(35)49(42(34)27-32)41-14-8-13-40-44(41)47(37)38-26-25-33(31-21-17-29(4-2)18-22-31)43-36-9-5-6-12-39(36)48(40)46(38)43/h3-27H,1-2H2. The molecule has 49 heavy (non-hydrogen) atoms. The Morgan fingerprint density at radius 2 is 1.10 bits per heavy atom. The van der Waals surface area contributed by atoms with Crippen LogP contribution in [0.3, 0.4) is 0 Å². The van der Waals surface area contributed by atoms with E-state index < -0.39 is 0 Å². The van der Waals surface area contributed by atoms with Crippen molar-refractivity contribution < 1.29 is 0 Å². The fourth-order valence-corrected chi connectivity index (χ4v) is 8.92. The molecule has 0 saturated carbocycles. The topological polar surface area (TPSA) is 9.86 Å². The number of nitrogens with zero attached hydrogens (tertiary/aromatic N) is 2. The van der Waals surface area contributed by atoms with E-state index in [-0.39, 0.29) is 6.71 Å². The van der Waals surface area contributed by atoms with Crippen LogP contribution in [0.1, 0.15) is 11.1 Å². The molecule has 0 N–H and O–H groups in total. The van der Waals surface area contributed by atoms with Gasteiger partial charge in [0.25, 0.3) is 6.71 Å². The monoisotopic (exact) mass is 620 g/mol. The number of para-hydroxylation sites is 2. The van der Waals surface area contributed by atoms with Gasteiger partial charge in [-0.05, 0) is 74.0 Å².